The third-order valence-corrected chi connectivity index (χ3v) is 6.58. The lowest BCUT2D eigenvalue weighted by Crippen LogP contribution is -2.29. The Kier molecular flexibility index (Phi) is 4.78. The molecule has 0 unspecified atom stereocenters. The first-order valence-electron chi connectivity index (χ1n) is 9.01. The van der Waals surface area contributed by atoms with E-state index in [2.05, 4.69) is 14.9 Å². The molecular weight excluding hydrogens is 374 g/mol. The largest absolute Gasteiger partial charge is 0.361 e. The maximum Gasteiger partial charge on any atom is 0.245 e. The number of nitrogens with one attached hydrogen (secondary N) is 2. The minimum absolute atomic E-state index is 0.109. The van der Waals surface area contributed by atoms with Crippen LogP contribution < -0.4 is 4.72 Å². The van der Waals surface area contributed by atoms with Crippen LogP contribution in [0.15, 0.2) is 70.2 Å². The molecule has 0 spiro atoms. The average molecular weight is 395 g/mol. The summed E-state index contributed by atoms with van der Waals surface area (Å²) in [5.41, 5.74) is 3.46. The van der Waals surface area contributed by atoms with Gasteiger partial charge in [0.25, 0.3) is 0 Å². The number of hydrogen-bond acceptors (Lipinski definition) is 4. The Balaban J connectivity index is 1.72. The molecule has 7 heteroatoms. The number of H-pyrrole nitrogens is 1. The third-order valence-electron chi connectivity index (χ3n) is 4.91. The van der Waals surface area contributed by atoms with E-state index in [0.29, 0.717) is 5.69 Å². The van der Waals surface area contributed by atoms with Crippen molar-refractivity contribution in [3.8, 4) is 0 Å². The summed E-state index contributed by atoms with van der Waals surface area (Å²) in [6.45, 7) is 3.45. The van der Waals surface area contributed by atoms with Gasteiger partial charge in [-0.2, -0.15) is 0 Å². The Labute approximate surface area is 163 Å². The molecule has 0 aliphatic heterocycles. The van der Waals surface area contributed by atoms with Crippen LogP contribution in [0.3, 0.4) is 0 Å². The lowest BCUT2D eigenvalue weighted by Gasteiger charge is -2.18. The molecule has 2 N–H and O–H groups in total. The topological polar surface area (TPSA) is 88.0 Å². The number of para-hydroxylation sites is 1. The molecule has 0 fully saturated rings. The smallest absolute Gasteiger partial charge is 0.245 e. The summed E-state index contributed by atoms with van der Waals surface area (Å²) in [5, 5.41) is 4.84. The van der Waals surface area contributed by atoms with Gasteiger partial charge in [-0.1, -0.05) is 53.7 Å². The van der Waals surface area contributed by atoms with Gasteiger partial charge in [0.1, 0.15) is 10.6 Å². The Morgan fingerprint density at radius 1 is 1.07 bits per heavy atom. The number of aromatic amines is 1. The molecule has 1 atom stereocenters. The fourth-order valence-corrected chi connectivity index (χ4v) is 4.97. The molecular formula is C21H21N3O3S. The fourth-order valence-electron chi connectivity index (χ4n) is 3.60. The molecule has 28 heavy (non-hydrogen) atoms. The number of fused-ring (bicyclic) bond motifs is 1. The maximum absolute atomic E-state index is 12.9. The van der Waals surface area contributed by atoms with Gasteiger partial charge in [0.05, 0.1) is 0 Å². The number of aromatic nitrogens is 2. The van der Waals surface area contributed by atoms with Crippen molar-refractivity contribution in [2.75, 3.05) is 6.54 Å². The van der Waals surface area contributed by atoms with E-state index in [4.69, 9.17) is 4.52 Å². The first-order chi connectivity index (χ1) is 13.5. The molecule has 2 aromatic heterocycles. The Hall–Kier alpha value is -2.90. The number of nitrogens with zero attached hydrogens (tertiary/aromatic N) is 1. The van der Waals surface area contributed by atoms with E-state index in [1.165, 1.54) is 0 Å². The highest BCUT2D eigenvalue weighted by atomic mass is 32.2. The molecule has 6 nitrogen and oxygen atoms in total. The van der Waals surface area contributed by atoms with Crippen LogP contribution in [0, 0.1) is 13.8 Å². The van der Waals surface area contributed by atoms with E-state index in [-0.39, 0.29) is 23.1 Å². The molecule has 0 aliphatic rings. The van der Waals surface area contributed by atoms with Crippen molar-refractivity contribution in [2.24, 2.45) is 0 Å². The number of sulfonamides is 1. The zero-order valence-electron chi connectivity index (χ0n) is 15.6. The predicted octanol–water partition coefficient (Wildman–Crippen LogP) is 3.88. The maximum atomic E-state index is 12.9. The molecule has 0 radical (unpaired) electrons. The SMILES string of the molecule is Cc1noc(C)c1S(=O)(=O)NC[C@H](c1ccccc1)c1c[nH]c2ccccc12. The van der Waals surface area contributed by atoms with E-state index in [0.717, 1.165) is 22.0 Å². The second-order valence-corrected chi connectivity index (χ2v) is 8.46. The lowest BCUT2D eigenvalue weighted by atomic mass is 9.91. The first-order valence-corrected chi connectivity index (χ1v) is 10.5. The second kappa shape index (κ2) is 7.26. The van der Waals surface area contributed by atoms with Crippen LogP contribution >= 0.6 is 0 Å². The monoisotopic (exact) mass is 395 g/mol. The minimum atomic E-state index is -3.74. The van der Waals surface area contributed by atoms with Crippen LogP contribution in [0.1, 0.15) is 28.5 Å². The van der Waals surface area contributed by atoms with Gasteiger partial charge in [-0.15, -0.1) is 0 Å². The number of benzene rings is 2. The molecule has 0 saturated heterocycles. The highest BCUT2D eigenvalue weighted by molar-refractivity contribution is 7.89. The summed E-state index contributed by atoms with van der Waals surface area (Å²) in [6, 6.07) is 17.9. The van der Waals surface area contributed by atoms with Gasteiger partial charge >= 0.3 is 0 Å². The molecule has 2 heterocycles. The van der Waals surface area contributed by atoms with E-state index in [1.54, 1.807) is 13.8 Å². The summed E-state index contributed by atoms with van der Waals surface area (Å²) < 4.78 is 33.6. The van der Waals surface area contributed by atoms with Crippen molar-refractivity contribution >= 4 is 20.9 Å². The van der Waals surface area contributed by atoms with Gasteiger partial charge in [0.2, 0.25) is 10.0 Å². The van der Waals surface area contributed by atoms with Crippen molar-refractivity contribution in [3.63, 3.8) is 0 Å². The third kappa shape index (κ3) is 3.34. The second-order valence-electron chi connectivity index (χ2n) is 6.76. The summed E-state index contributed by atoms with van der Waals surface area (Å²) in [7, 11) is -3.74. The zero-order valence-corrected chi connectivity index (χ0v) is 16.5. The summed E-state index contributed by atoms with van der Waals surface area (Å²) >= 11 is 0. The average Bonchev–Trinajstić information content (AvgIpc) is 3.26. The van der Waals surface area contributed by atoms with Crippen molar-refractivity contribution in [1.29, 1.82) is 0 Å². The van der Waals surface area contributed by atoms with Crippen LogP contribution in [-0.4, -0.2) is 25.1 Å². The van der Waals surface area contributed by atoms with E-state index < -0.39 is 10.0 Å². The molecule has 144 valence electrons. The first kappa shape index (κ1) is 18.5. The molecule has 0 saturated carbocycles. The summed E-state index contributed by atoms with van der Waals surface area (Å²) in [6.07, 6.45) is 1.95. The standard InChI is InChI=1S/C21H21N3O3S/c1-14-21(15(2)27-24-14)28(25,26)23-13-18(16-8-4-3-5-9-16)19-12-22-20-11-7-6-10-17(19)20/h3-12,18,22-23H,13H2,1-2H3/t18-/m1/s1. The van der Waals surface area contributed by atoms with Crippen LogP contribution in [0.4, 0.5) is 0 Å². The highest BCUT2D eigenvalue weighted by Crippen LogP contribution is 2.31. The molecule has 0 bridgehead atoms. The van der Waals surface area contributed by atoms with Crippen molar-refractivity contribution < 1.29 is 12.9 Å². The number of hydrogen-bond donors (Lipinski definition) is 2. The van der Waals surface area contributed by atoms with Crippen molar-refractivity contribution in [2.45, 2.75) is 24.7 Å². The van der Waals surface area contributed by atoms with Crippen LogP contribution in [0.25, 0.3) is 10.9 Å². The van der Waals surface area contributed by atoms with Gasteiger partial charge < -0.3 is 9.51 Å². The zero-order chi connectivity index (χ0) is 19.7. The van der Waals surface area contributed by atoms with Crippen molar-refractivity contribution in [1.82, 2.24) is 14.9 Å². The number of rotatable bonds is 6. The molecule has 0 amide bonds. The van der Waals surface area contributed by atoms with E-state index >= 15 is 0 Å². The van der Waals surface area contributed by atoms with E-state index in [9.17, 15) is 8.42 Å². The molecule has 0 aliphatic carbocycles. The summed E-state index contributed by atoms with van der Waals surface area (Å²) in [4.78, 5) is 3.39. The van der Waals surface area contributed by atoms with Crippen molar-refractivity contribution in [3.05, 3.63) is 83.4 Å². The molecule has 4 aromatic rings. The Morgan fingerprint density at radius 3 is 2.50 bits per heavy atom. The lowest BCUT2D eigenvalue weighted by molar-refractivity contribution is 0.390. The Bertz CT molecular complexity index is 1190. The quantitative estimate of drug-likeness (QED) is 0.518. The molecule has 2 aromatic carbocycles. The normalized spacial score (nSPS) is 13.1. The van der Waals surface area contributed by atoms with Crippen LogP contribution in [0.5, 0.6) is 0 Å². The summed E-state index contributed by atoms with van der Waals surface area (Å²) in [5.74, 6) is 0.140. The van der Waals surface area contributed by atoms with Gasteiger partial charge in [-0.05, 0) is 31.0 Å². The van der Waals surface area contributed by atoms with Gasteiger partial charge in [0, 0.05) is 29.6 Å². The van der Waals surface area contributed by atoms with Gasteiger partial charge in [0.15, 0.2) is 5.76 Å². The van der Waals surface area contributed by atoms with E-state index in [1.807, 2.05) is 60.8 Å². The minimum Gasteiger partial charge on any atom is -0.361 e. The fraction of sp³-hybridized carbons (Fsp3) is 0.190. The van der Waals surface area contributed by atoms with Crippen LogP contribution in [0.2, 0.25) is 0 Å². The highest BCUT2D eigenvalue weighted by Gasteiger charge is 2.26. The Morgan fingerprint density at radius 2 is 1.79 bits per heavy atom. The van der Waals surface area contributed by atoms with Crippen LogP contribution in [-0.2, 0) is 10.0 Å². The number of aryl methyl sites for hydroxylation is 2. The van der Waals surface area contributed by atoms with Gasteiger partial charge in [-0.3, -0.25) is 0 Å². The predicted molar refractivity (Wildman–Crippen MR) is 108 cm³/mol. The molecule has 4 rings (SSSR count). The van der Waals surface area contributed by atoms with Gasteiger partial charge in [-0.25, -0.2) is 13.1 Å².